The fourth-order valence-corrected chi connectivity index (χ4v) is 2.98. The minimum atomic E-state index is -0.306. The number of para-hydroxylation sites is 2. The van der Waals surface area contributed by atoms with Gasteiger partial charge in [-0.05, 0) is 48.5 Å². The lowest BCUT2D eigenvalue weighted by molar-refractivity contribution is -0.118. The first kappa shape index (κ1) is 20.4. The highest BCUT2D eigenvalue weighted by molar-refractivity contribution is 6.30. The van der Waals surface area contributed by atoms with Crippen molar-refractivity contribution in [3.05, 3.63) is 77.8 Å². The molecule has 7 nitrogen and oxygen atoms in total. The zero-order chi connectivity index (χ0) is 21.6. The molecule has 0 saturated carbocycles. The van der Waals surface area contributed by atoms with E-state index in [2.05, 4.69) is 15.5 Å². The summed E-state index contributed by atoms with van der Waals surface area (Å²) in [4.78, 5) is 16.7. The SMILES string of the molecule is COc1ccccc1NC(=O)COc1cccc(-c2noc(-c3ccc(Cl)cc3)n2)c1. The molecule has 0 radical (unpaired) electrons. The summed E-state index contributed by atoms with van der Waals surface area (Å²) in [6, 6.07) is 21.4. The zero-order valence-corrected chi connectivity index (χ0v) is 17.3. The summed E-state index contributed by atoms with van der Waals surface area (Å²) in [5.74, 6) is 1.57. The van der Waals surface area contributed by atoms with Crippen LogP contribution in [0.25, 0.3) is 22.8 Å². The number of methoxy groups -OCH3 is 1. The number of carbonyl (C=O) groups is 1. The van der Waals surface area contributed by atoms with Gasteiger partial charge in [-0.1, -0.05) is 41.0 Å². The van der Waals surface area contributed by atoms with Gasteiger partial charge in [0.1, 0.15) is 11.5 Å². The van der Waals surface area contributed by atoms with Gasteiger partial charge in [-0.15, -0.1) is 0 Å². The maximum Gasteiger partial charge on any atom is 0.262 e. The second-order valence-corrected chi connectivity index (χ2v) is 6.93. The predicted molar refractivity (Wildman–Crippen MR) is 117 cm³/mol. The van der Waals surface area contributed by atoms with Crippen LogP contribution in [-0.4, -0.2) is 29.8 Å². The monoisotopic (exact) mass is 435 g/mol. The first-order valence-electron chi connectivity index (χ1n) is 9.38. The van der Waals surface area contributed by atoms with Gasteiger partial charge in [-0.25, -0.2) is 0 Å². The molecular weight excluding hydrogens is 418 g/mol. The highest BCUT2D eigenvalue weighted by Gasteiger charge is 2.12. The smallest absolute Gasteiger partial charge is 0.262 e. The molecule has 31 heavy (non-hydrogen) atoms. The van der Waals surface area contributed by atoms with Crippen LogP contribution in [0.2, 0.25) is 5.02 Å². The molecule has 0 fully saturated rings. The Hall–Kier alpha value is -3.84. The van der Waals surface area contributed by atoms with Crippen LogP contribution < -0.4 is 14.8 Å². The van der Waals surface area contributed by atoms with Gasteiger partial charge in [0.15, 0.2) is 6.61 Å². The molecule has 4 rings (SSSR count). The van der Waals surface area contributed by atoms with Crippen molar-refractivity contribution < 1.29 is 18.8 Å². The van der Waals surface area contributed by atoms with Gasteiger partial charge >= 0.3 is 0 Å². The van der Waals surface area contributed by atoms with E-state index in [1.54, 1.807) is 61.7 Å². The molecule has 0 bridgehead atoms. The number of benzene rings is 3. The Balaban J connectivity index is 1.42. The normalized spacial score (nSPS) is 10.5. The molecule has 8 heteroatoms. The van der Waals surface area contributed by atoms with Gasteiger partial charge in [-0.2, -0.15) is 4.98 Å². The minimum Gasteiger partial charge on any atom is -0.495 e. The lowest BCUT2D eigenvalue weighted by atomic mass is 10.2. The molecule has 0 aliphatic rings. The number of anilines is 1. The Morgan fingerprint density at radius 2 is 1.84 bits per heavy atom. The first-order valence-corrected chi connectivity index (χ1v) is 9.76. The third kappa shape index (κ3) is 5.02. The molecule has 0 atom stereocenters. The summed E-state index contributed by atoms with van der Waals surface area (Å²) in [7, 11) is 1.54. The van der Waals surface area contributed by atoms with Gasteiger partial charge in [0.2, 0.25) is 5.82 Å². The number of nitrogens with one attached hydrogen (secondary N) is 1. The number of amides is 1. The van der Waals surface area contributed by atoms with Gasteiger partial charge in [0.05, 0.1) is 12.8 Å². The Morgan fingerprint density at radius 3 is 2.65 bits per heavy atom. The molecule has 0 aliphatic carbocycles. The topological polar surface area (TPSA) is 86.5 Å². The molecule has 1 N–H and O–H groups in total. The molecule has 0 unspecified atom stereocenters. The third-order valence-electron chi connectivity index (χ3n) is 4.36. The number of ether oxygens (including phenoxy) is 2. The Bertz CT molecular complexity index is 1190. The molecular formula is C23H18ClN3O4. The van der Waals surface area contributed by atoms with E-state index in [9.17, 15) is 4.79 Å². The number of aromatic nitrogens is 2. The van der Waals surface area contributed by atoms with Crippen molar-refractivity contribution in [2.75, 3.05) is 19.0 Å². The summed E-state index contributed by atoms with van der Waals surface area (Å²) in [6.45, 7) is -0.163. The summed E-state index contributed by atoms with van der Waals surface area (Å²) >= 11 is 5.91. The van der Waals surface area contributed by atoms with Crippen LogP contribution in [0.1, 0.15) is 0 Å². The third-order valence-corrected chi connectivity index (χ3v) is 4.61. The van der Waals surface area contributed by atoms with Crippen LogP contribution in [0.5, 0.6) is 11.5 Å². The highest BCUT2D eigenvalue weighted by Crippen LogP contribution is 2.26. The number of carbonyl (C=O) groups excluding carboxylic acids is 1. The summed E-state index contributed by atoms with van der Waals surface area (Å²) < 4.78 is 16.2. The molecule has 0 aliphatic heterocycles. The number of halogens is 1. The Kier molecular flexibility index (Phi) is 6.14. The van der Waals surface area contributed by atoms with Crippen LogP contribution in [0, 0.1) is 0 Å². The fourth-order valence-electron chi connectivity index (χ4n) is 2.86. The van der Waals surface area contributed by atoms with E-state index in [1.807, 2.05) is 18.2 Å². The minimum absolute atomic E-state index is 0.163. The molecule has 0 saturated heterocycles. The van der Waals surface area contributed by atoms with Crippen molar-refractivity contribution in [2.24, 2.45) is 0 Å². The lowest BCUT2D eigenvalue weighted by Crippen LogP contribution is -2.20. The summed E-state index contributed by atoms with van der Waals surface area (Å²) in [6.07, 6.45) is 0. The molecule has 4 aromatic rings. The predicted octanol–water partition coefficient (Wildman–Crippen LogP) is 5.08. The number of rotatable bonds is 7. The van der Waals surface area contributed by atoms with E-state index in [-0.39, 0.29) is 12.5 Å². The van der Waals surface area contributed by atoms with E-state index >= 15 is 0 Å². The van der Waals surface area contributed by atoms with Gasteiger partial charge in [0.25, 0.3) is 11.8 Å². The number of nitrogens with zero attached hydrogens (tertiary/aromatic N) is 2. The molecule has 0 spiro atoms. The molecule has 156 valence electrons. The Labute approximate surface area is 183 Å². The standard InChI is InChI=1S/C23H18ClN3O4/c1-29-20-8-3-2-7-19(20)25-21(28)14-30-18-6-4-5-16(13-18)22-26-23(31-27-22)15-9-11-17(24)12-10-15/h2-13H,14H2,1H3,(H,25,28). The van der Waals surface area contributed by atoms with Gasteiger partial charge < -0.3 is 19.3 Å². The van der Waals surface area contributed by atoms with E-state index in [0.717, 1.165) is 5.56 Å². The van der Waals surface area contributed by atoms with Crippen LogP contribution in [-0.2, 0) is 4.79 Å². The van der Waals surface area contributed by atoms with Crippen LogP contribution in [0.4, 0.5) is 5.69 Å². The first-order chi connectivity index (χ1) is 15.1. The average Bonchev–Trinajstić information content (AvgIpc) is 3.29. The summed E-state index contributed by atoms with van der Waals surface area (Å²) in [5, 5.41) is 7.42. The average molecular weight is 436 g/mol. The van der Waals surface area contributed by atoms with E-state index < -0.39 is 0 Å². The van der Waals surface area contributed by atoms with Crippen LogP contribution in [0.3, 0.4) is 0 Å². The number of hydrogen-bond acceptors (Lipinski definition) is 6. The van der Waals surface area contributed by atoms with Crippen molar-refractivity contribution in [3.8, 4) is 34.3 Å². The molecule has 3 aromatic carbocycles. The fraction of sp³-hybridized carbons (Fsp3) is 0.0870. The van der Waals surface area contributed by atoms with Crippen molar-refractivity contribution in [1.82, 2.24) is 10.1 Å². The zero-order valence-electron chi connectivity index (χ0n) is 16.5. The lowest BCUT2D eigenvalue weighted by Gasteiger charge is -2.10. The van der Waals surface area contributed by atoms with Crippen molar-refractivity contribution >= 4 is 23.2 Å². The van der Waals surface area contributed by atoms with Crippen molar-refractivity contribution in [1.29, 1.82) is 0 Å². The van der Waals surface area contributed by atoms with Crippen LogP contribution >= 0.6 is 11.6 Å². The van der Waals surface area contributed by atoms with E-state index in [4.69, 9.17) is 25.6 Å². The largest absolute Gasteiger partial charge is 0.495 e. The number of hydrogen-bond donors (Lipinski definition) is 1. The second kappa shape index (κ2) is 9.32. The van der Waals surface area contributed by atoms with Gasteiger partial charge in [-0.3, -0.25) is 4.79 Å². The van der Waals surface area contributed by atoms with E-state index in [1.165, 1.54) is 0 Å². The van der Waals surface area contributed by atoms with Crippen molar-refractivity contribution in [2.45, 2.75) is 0 Å². The van der Waals surface area contributed by atoms with Gasteiger partial charge in [0, 0.05) is 16.1 Å². The highest BCUT2D eigenvalue weighted by atomic mass is 35.5. The second-order valence-electron chi connectivity index (χ2n) is 6.49. The maximum atomic E-state index is 12.3. The van der Waals surface area contributed by atoms with Crippen molar-refractivity contribution in [3.63, 3.8) is 0 Å². The summed E-state index contributed by atoms with van der Waals surface area (Å²) in [5.41, 5.74) is 2.05. The van der Waals surface area contributed by atoms with E-state index in [0.29, 0.717) is 39.5 Å². The molecule has 1 heterocycles. The Morgan fingerprint density at radius 1 is 1.03 bits per heavy atom. The molecule has 1 amide bonds. The van der Waals surface area contributed by atoms with Crippen LogP contribution in [0.15, 0.2) is 77.3 Å². The maximum absolute atomic E-state index is 12.3. The quantitative estimate of drug-likeness (QED) is 0.435. The molecule has 1 aromatic heterocycles.